The van der Waals surface area contributed by atoms with Crippen LogP contribution in [0.25, 0.3) is 10.8 Å². The van der Waals surface area contributed by atoms with Gasteiger partial charge in [-0.1, -0.05) is 55.8 Å². The van der Waals surface area contributed by atoms with E-state index < -0.39 is 0 Å². The van der Waals surface area contributed by atoms with Crippen molar-refractivity contribution in [2.75, 3.05) is 31.1 Å². The number of halogens is 1. The van der Waals surface area contributed by atoms with E-state index in [2.05, 4.69) is 4.90 Å². The molecule has 0 spiro atoms. The summed E-state index contributed by atoms with van der Waals surface area (Å²) in [5, 5.41) is 1.72. The molecule has 3 aromatic carbocycles. The van der Waals surface area contributed by atoms with Crippen LogP contribution in [0, 0.1) is 0 Å². The van der Waals surface area contributed by atoms with E-state index >= 15 is 0 Å². The highest BCUT2D eigenvalue weighted by atomic mass is 35.5. The summed E-state index contributed by atoms with van der Waals surface area (Å²) in [4.78, 5) is 44.7. The number of carbonyl (C=O) groups is 3. The Labute approximate surface area is 231 Å². The van der Waals surface area contributed by atoms with E-state index in [4.69, 9.17) is 0 Å². The topological polar surface area (TPSA) is 60.9 Å². The molecule has 3 amide bonds. The van der Waals surface area contributed by atoms with Crippen molar-refractivity contribution in [3.8, 4) is 0 Å². The monoisotopic (exact) mass is 533 g/mol. The predicted molar refractivity (Wildman–Crippen MR) is 154 cm³/mol. The van der Waals surface area contributed by atoms with Gasteiger partial charge in [-0.3, -0.25) is 19.3 Å². The van der Waals surface area contributed by atoms with Crippen LogP contribution in [0.1, 0.15) is 66.2 Å². The van der Waals surface area contributed by atoms with E-state index in [9.17, 15) is 14.4 Å². The second kappa shape index (κ2) is 12.5. The van der Waals surface area contributed by atoms with Gasteiger partial charge >= 0.3 is 0 Å². The van der Waals surface area contributed by atoms with Gasteiger partial charge < -0.3 is 9.80 Å². The molecule has 0 N–H and O–H groups in total. The largest absolute Gasteiger partial charge is 0.309 e. The first-order valence-electron chi connectivity index (χ1n) is 13.6. The maximum Gasteiger partial charge on any atom is 0.261 e. The van der Waals surface area contributed by atoms with Gasteiger partial charge in [-0.25, -0.2) is 0 Å². The maximum absolute atomic E-state index is 13.1. The Morgan fingerprint density at radius 3 is 2.03 bits per heavy atom. The van der Waals surface area contributed by atoms with E-state index in [1.807, 2.05) is 78.6 Å². The minimum absolute atomic E-state index is 0. The number of anilines is 1. The number of hydrogen-bond donors (Lipinski definition) is 0. The molecule has 6 nitrogen and oxygen atoms in total. The second-order valence-corrected chi connectivity index (χ2v) is 10.1. The molecule has 2 heterocycles. The first-order valence-corrected chi connectivity index (χ1v) is 13.6. The van der Waals surface area contributed by atoms with E-state index in [1.54, 1.807) is 0 Å². The summed E-state index contributed by atoms with van der Waals surface area (Å²) in [6, 6.07) is 21.6. The van der Waals surface area contributed by atoms with Crippen LogP contribution in [0.5, 0.6) is 0 Å². The van der Waals surface area contributed by atoms with Gasteiger partial charge in [-0.05, 0) is 61.9 Å². The number of carbonyl (C=O) groups excluding carboxylic acids is 3. The van der Waals surface area contributed by atoms with E-state index in [1.165, 1.54) is 4.90 Å². The van der Waals surface area contributed by atoms with Crippen LogP contribution in [-0.4, -0.2) is 59.7 Å². The number of unbranched alkanes of at least 4 members (excludes halogenated alkanes) is 2. The van der Waals surface area contributed by atoms with Crippen molar-refractivity contribution in [1.29, 1.82) is 0 Å². The van der Waals surface area contributed by atoms with Crippen LogP contribution in [0.15, 0.2) is 66.7 Å². The van der Waals surface area contributed by atoms with Crippen molar-refractivity contribution >= 4 is 46.6 Å². The first kappa shape index (κ1) is 27.8. The lowest BCUT2D eigenvalue weighted by atomic mass is 9.94. The molecule has 38 heavy (non-hydrogen) atoms. The van der Waals surface area contributed by atoms with Crippen molar-refractivity contribution in [1.82, 2.24) is 9.80 Å². The molecule has 5 rings (SSSR count). The van der Waals surface area contributed by atoms with Crippen LogP contribution >= 0.6 is 12.4 Å². The summed E-state index contributed by atoms with van der Waals surface area (Å²) in [6.45, 7) is 5.35. The van der Waals surface area contributed by atoms with Crippen LogP contribution in [-0.2, 0) is 4.79 Å². The average Bonchev–Trinajstić information content (AvgIpc) is 2.94. The van der Waals surface area contributed by atoms with Crippen LogP contribution in [0.3, 0.4) is 0 Å². The number of imide groups is 1. The predicted octanol–water partition coefficient (Wildman–Crippen LogP) is 5.94. The van der Waals surface area contributed by atoms with E-state index in [0.717, 1.165) is 68.2 Å². The van der Waals surface area contributed by atoms with Crippen LogP contribution in [0.2, 0.25) is 0 Å². The fourth-order valence-electron chi connectivity index (χ4n) is 5.78. The molecule has 1 saturated heterocycles. The van der Waals surface area contributed by atoms with Gasteiger partial charge in [0.1, 0.15) is 0 Å². The Balaban J connectivity index is 0.00000336. The lowest BCUT2D eigenvalue weighted by Crippen LogP contribution is -2.47. The summed E-state index contributed by atoms with van der Waals surface area (Å²) < 4.78 is 0. The molecule has 2 aliphatic heterocycles. The molecule has 0 atom stereocenters. The Morgan fingerprint density at radius 2 is 1.42 bits per heavy atom. The zero-order valence-corrected chi connectivity index (χ0v) is 22.8. The summed E-state index contributed by atoms with van der Waals surface area (Å²) in [6.07, 6.45) is 5.26. The number of benzene rings is 3. The average molecular weight is 534 g/mol. The van der Waals surface area contributed by atoms with Crippen molar-refractivity contribution in [3.05, 3.63) is 77.9 Å². The number of piperidine rings is 1. The highest BCUT2D eigenvalue weighted by Gasteiger charge is 2.32. The minimum Gasteiger partial charge on any atom is -0.309 e. The van der Waals surface area contributed by atoms with Gasteiger partial charge in [0.05, 0.1) is 0 Å². The van der Waals surface area contributed by atoms with Gasteiger partial charge in [0, 0.05) is 54.3 Å². The second-order valence-electron chi connectivity index (χ2n) is 10.1. The van der Waals surface area contributed by atoms with E-state index in [-0.39, 0.29) is 36.2 Å². The molecule has 0 radical (unpaired) electrons. The summed E-state index contributed by atoms with van der Waals surface area (Å²) in [5.41, 5.74) is 2.25. The van der Waals surface area contributed by atoms with Gasteiger partial charge in [-0.15, -0.1) is 12.4 Å². The Bertz CT molecular complexity index is 1240. The number of para-hydroxylation sites is 1. The standard InChI is InChI=1S/C31H35N3O3.ClH/c1-2-28(35)34(24-13-5-3-6-14-24)25-17-21-32(22-18-25)19-7-4-8-20-33-30(36)26-15-9-11-23-12-10-16-27(29(23)26)31(33)37;/h3,5-6,9-16,25H,2,4,7-8,17-22H2,1H3;1H. The van der Waals surface area contributed by atoms with E-state index in [0.29, 0.717) is 24.1 Å². The van der Waals surface area contributed by atoms with Crippen molar-refractivity contribution in [3.63, 3.8) is 0 Å². The van der Waals surface area contributed by atoms with Crippen molar-refractivity contribution < 1.29 is 14.4 Å². The molecule has 0 unspecified atom stereocenters. The Kier molecular flexibility index (Phi) is 9.18. The number of nitrogens with zero attached hydrogens (tertiary/aromatic N) is 3. The molecular formula is C31H36ClN3O3. The van der Waals surface area contributed by atoms with Gasteiger partial charge in [0.25, 0.3) is 11.8 Å². The Hall–Kier alpha value is -3.22. The third-order valence-corrected chi connectivity index (χ3v) is 7.74. The lowest BCUT2D eigenvalue weighted by Gasteiger charge is -2.38. The lowest BCUT2D eigenvalue weighted by molar-refractivity contribution is -0.119. The third-order valence-electron chi connectivity index (χ3n) is 7.74. The highest BCUT2D eigenvalue weighted by Crippen LogP contribution is 2.30. The molecule has 0 saturated carbocycles. The molecule has 7 heteroatoms. The summed E-state index contributed by atoms with van der Waals surface area (Å²) in [7, 11) is 0. The molecule has 0 bridgehead atoms. The Morgan fingerprint density at radius 1 is 0.816 bits per heavy atom. The smallest absolute Gasteiger partial charge is 0.261 e. The molecular weight excluding hydrogens is 498 g/mol. The molecule has 200 valence electrons. The number of likely N-dealkylation sites (tertiary alicyclic amines) is 1. The fourth-order valence-corrected chi connectivity index (χ4v) is 5.78. The molecule has 0 aliphatic carbocycles. The number of hydrogen-bond acceptors (Lipinski definition) is 4. The molecule has 2 aliphatic rings. The van der Waals surface area contributed by atoms with Gasteiger partial charge in [0.2, 0.25) is 5.91 Å². The van der Waals surface area contributed by atoms with Crippen LogP contribution in [0.4, 0.5) is 5.69 Å². The first-order chi connectivity index (χ1) is 18.1. The summed E-state index contributed by atoms with van der Waals surface area (Å²) >= 11 is 0. The zero-order valence-electron chi connectivity index (χ0n) is 22.0. The van der Waals surface area contributed by atoms with Gasteiger partial charge in [0.15, 0.2) is 0 Å². The highest BCUT2D eigenvalue weighted by molar-refractivity contribution is 6.25. The fraction of sp³-hybridized carbons (Fsp3) is 0.387. The normalized spacial score (nSPS) is 16.0. The minimum atomic E-state index is -0.180. The van der Waals surface area contributed by atoms with Crippen molar-refractivity contribution in [2.45, 2.75) is 51.5 Å². The van der Waals surface area contributed by atoms with Crippen LogP contribution < -0.4 is 4.90 Å². The maximum atomic E-state index is 13.1. The third kappa shape index (κ3) is 5.62. The number of rotatable bonds is 9. The van der Waals surface area contributed by atoms with Crippen molar-refractivity contribution in [2.24, 2.45) is 0 Å². The molecule has 1 fully saturated rings. The molecule has 3 aromatic rings. The van der Waals surface area contributed by atoms with Gasteiger partial charge in [-0.2, -0.15) is 0 Å². The summed E-state index contributed by atoms with van der Waals surface area (Å²) in [5.74, 6) is -0.174. The quantitative estimate of drug-likeness (QED) is 0.252. The number of amides is 3. The molecule has 0 aromatic heterocycles. The SMILES string of the molecule is CCC(=O)N(c1ccccc1)C1CCN(CCCCCN2C(=O)c3cccc4cccc(c34)C2=O)CC1.Cl. The zero-order chi connectivity index (χ0) is 25.8.